The number of aromatic nitrogens is 2. The predicted octanol–water partition coefficient (Wildman–Crippen LogP) is 6.20. The van der Waals surface area contributed by atoms with E-state index in [1.54, 1.807) is 18.2 Å². The van der Waals surface area contributed by atoms with Crippen LogP contribution in [0.25, 0.3) is 22.2 Å². The van der Waals surface area contributed by atoms with Gasteiger partial charge in [0, 0.05) is 17.0 Å². The van der Waals surface area contributed by atoms with Crippen LogP contribution in [0.5, 0.6) is 11.5 Å². The first-order valence-electron chi connectivity index (χ1n) is 7.56. The smallest absolute Gasteiger partial charge is 0.135 e. The molecule has 1 aromatic heterocycles. The third-order valence-corrected chi connectivity index (χ3v) is 4.35. The van der Waals surface area contributed by atoms with Gasteiger partial charge in [0.1, 0.15) is 17.8 Å². The zero-order valence-electron chi connectivity index (χ0n) is 12.9. The molecule has 0 aliphatic rings. The Bertz CT molecular complexity index is 1050. The van der Waals surface area contributed by atoms with Crippen molar-refractivity contribution in [1.82, 2.24) is 9.97 Å². The largest absolute Gasteiger partial charge is 0.457 e. The van der Waals surface area contributed by atoms with Gasteiger partial charge in [-0.3, -0.25) is 0 Å². The molecule has 3 nitrogen and oxygen atoms in total. The third kappa shape index (κ3) is 3.16. The minimum atomic E-state index is 0.573. The lowest BCUT2D eigenvalue weighted by Crippen LogP contribution is -1.92. The van der Waals surface area contributed by atoms with Gasteiger partial charge in [-0.05, 0) is 30.3 Å². The summed E-state index contributed by atoms with van der Waals surface area (Å²) in [5, 5.41) is 1.98. The first kappa shape index (κ1) is 15.9. The molecule has 0 unspecified atom stereocenters. The van der Waals surface area contributed by atoms with E-state index in [-0.39, 0.29) is 0 Å². The normalized spacial score (nSPS) is 10.8. The molecule has 0 N–H and O–H groups in total. The van der Waals surface area contributed by atoms with E-state index in [4.69, 9.17) is 27.9 Å². The molecule has 0 bridgehead atoms. The molecule has 0 atom stereocenters. The Kier molecular flexibility index (Phi) is 4.26. The molecule has 4 aromatic rings. The van der Waals surface area contributed by atoms with Crippen molar-refractivity contribution < 1.29 is 4.74 Å². The average Bonchev–Trinajstić information content (AvgIpc) is 2.64. The molecule has 1 radical (unpaired) electrons. The average molecular weight is 366 g/mol. The van der Waals surface area contributed by atoms with Gasteiger partial charge in [0.25, 0.3) is 0 Å². The second-order valence-electron chi connectivity index (χ2n) is 5.33. The van der Waals surface area contributed by atoms with E-state index in [0.717, 1.165) is 10.9 Å². The summed E-state index contributed by atoms with van der Waals surface area (Å²) in [6.45, 7) is 0. The molecule has 0 aliphatic heterocycles. The van der Waals surface area contributed by atoms with Crippen molar-refractivity contribution in [2.24, 2.45) is 0 Å². The van der Waals surface area contributed by atoms with E-state index in [1.807, 2.05) is 42.5 Å². The maximum Gasteiger partial charge on any atom is 0.135 e. The lowest BCUT2D eigenvalue weighted by molar-refractivity contribution is 0.482. The van der Waals surface area contributed by atoms with E-state index in [2.05, 4.69) is 16.0 Å². The Balaban J connectivity index is 1.83. The van der Waals surface area contributed by atoms with Crippen molar-refractivity contribution >= 4 is 34.1 Å². The molecule has 0 spiro atoms. The highest BCUT2D eigenvalue weighted by atomic mass is 35.5. The van der Waals surface area contributed by atoms with Crippen LogP contribution in [0, 0.1) is 6.07 Å². The SMILES string of the molecule is Clc1ccc(Oc2[c]cccc2)cc1-c1ncnc2c(Cl)cccc12. The van der Waals surface area contributed by atoms with Crippen molar-refractivity contribution in [3.8, 4) is 22.8 Å². The molecule has 0 fully saturated rings. The Morgan fingerprint density at radius 1 is 0.880 bits per heavy atom. The van der Waals surface area contributed by atoms with E-state index in [9.17, 15) is 0 Å². The summed E-state index contributed by atoms with van der Waals surface area (Å²) in [6.07, 6.45) is 1.48. The summed E-state index contributed by atoms with van der Waals surface area (Å²) >= 11 is 12.7. The van der Waals surface area contributed by atoms with Crippen molar-refractivity contribution in [2.45, 2.75) is 0 Å². The van der Waals surface area contributed by atoms with Crippen LogP contribution in [0.1, 0.15) is 0 Å². The van der Waals surface area contributed by atoms with Crippen LogP contribution >= 0.6 is 23.2 Å². The third-order valence-electron chi connectivity index (χ3n) is 3.72. The molecule has 3 aromatic carbocycles. The van der Waals surface area contributed by atoms with Crippen LogP contribution in [-0.4, -0.2) is 9.97 Å². The Morgan fingerprint density at radius 3 is 2.64 bits per heavy atom. The van der Waals surface area contributed by atoms with E-state index >= 15 is 0 Å². The quantitative estimate of drug-likeness (QED) is 0.433. The molecule has 121 valence electrons. The van der Waals surface area contributed by atoms with Crippen LogP contribution < -0.4 is 4.74 Å². The first-order chi connectivity index (χ1) is 12.2. The fourth-order valence-corrected chi connectivity index (χ4v) is 3.01. The predicted molar refractivity (Wildman–Crippen MR) is 100 cm³/mol. The monoisotopic (exact) mass is 365 g/mol. The zero-order chi connectivity index (χ0) is 17.2. The van der Waals surface area contributed by atoms with E-state index < -0.39 is 0 Å². The topological polar surface area (TPSA) is 35.0 Å². The molecule has 4 rings (SSSR count). The molecule has 0 saturated carbocycles. The Hall–Kier alpha value is -2.62. The Morgan fingerprint density at radius 2 is 1.80 bits per heavy atom. The molecule has 5 heteroatoms. The van der Waals surface area contributed by atoms with Gasteiger partial charge in [-0.2, -0.15) is 0 Å². The maximum absolute atomic E-state index is 6.42. The lowest BCUT2D eigenvalue weighted by atomic mass is 10.1. The number of halogens is 2. The lowest BCUT2D eigenvalue weighted by Gasteiger charge is -2.11. The molecular formula is C20H11Cl2N2O. The van der Waals surface area contributed by atoms with Crippen molar-refractivity contribution in [3.05, 3.63) is 83.1 Å². The standard InChI is InChI=1S/C20H11Cl2N2O/c21-17-10-9-14(25-13-5-2-1-3-6-13)11-16(17)19-15-7-4-8-18(22)20(15)24-12-23-19/h1-5,7-12H. The zero-order valence-corrected chi connectivity index (χ0v) is 14.4. The van der Waals surface area contributed by atoms with E-state index in [0.29, 0.717) is 32.8 Å². The van der Waals surface area contributed by atoms with Crippen molar-refractivity contribution in [3.63, 3.8) is 0 Å². The van der Waals surface area contributed by atoms with Gasteiger partial charge < -0.3 is 4.74 Å². The number of benzene rings is 3. The van der Waals surface area contributed by atoms with Crippen LogP contribution in [0.4, 0.5) is 0 Å². The minimum Gasteiger partial charge on any atom is -0.457 e. The Labute approximate surface area is 154 Å². The van der Waals surface area contributed by atoms with Crippen molar-refractivity contribution in [2.75, 3.05) is 0 Å². The maximum atomic E-state index is 6.42. The number of rotatable bonds is 3. The number of hydrogen-bond donors (Lipinski definition) is 0. The summed E-state index contributed by atoms with van der Waals surface area (Å²) in [5.41, 5.74) is 2.15. The molecule has 0 saturated heterocycles. The van der Waals surface area contributed by atoms with Crippen LogP contribution in [-0.2, 0) is 0 Å². The summed E-state index contributed by atoms with van der Waals surface area (Å²) in [5.74, 6) is 1.28. The van der Waals surface area contributed by atoms with Crippen LogP contribution in [0.3, 0.4) is 0 Å². The number of hydrogen-bond acceptors (Lipinski definition) is 3. The number of nitrogens with zero attached hydrogens (tertiary/aromatic N) is 2. The van der Waals surface area contributed by atoms with Gasteiger partial charge in [-0.15, -0.1) is 0 Å². The van der Waals surface area contributed by atoms with Gasteiger partial charge in [-0.1, -0.05) is 53.5 Å². The molecular weight excluding hydrogens is 355 g/mol. The van der Waals surface area contributed by atoms with Gasteiger partial charge in [0.2, 0.25) is 0 Å². The van der Waals surface area contributed by atoms with Crippen LogP contribution in [0.15, 0.2) is 67.0 Å². The highest BCUT2D eigenvalue weighted by Gasteiger charge is 2.13. The van der Waals surface area contributed by atoms with Gasteiger partial charge in [0.15, 0.2) is 0 Å². The summed E-state index contributed by atoms with van der Waals surface area (Å²) in [6, 6.07) is 21.5. The fraction of sp³-hybridized carbons (Fsp3) is 0. The summed E-state index contributed by atoms with van der Waals surface area (Å²) in [7, 11) is 0. The summed E-state index contributed by atoms with van der Waals surface area (Å²) < 4.78 is 5.85. The molecule has 1 heterocycles. The molecule has 25 heavy (non-hydrogen) atoms. The van der Waals surface area contributed by atoms with Gasteiger partial charge in [0.05, 0.1) is 21.3 Å². The summed E-state index contributed by atoms with van der Waals surface area (Å²) in [4.78, 5) is 8.67. The first-order valence-corrected chi connectivity index (χ1v) is 8.32. The highest BCUT2D eigenvalue weighted by molar-refractivity contribution is 6.36. The van der Waals surface area contributed by atoms with Gasteiger partial charge in [-0.25, -0.2) is 9.97 Å². The number of para-hydroxylation sites is 2. The highest BCUT2D eigenvalue weighted by Crippen LogP contribution is 2.36. The molecule has 0 amide bonds. The van der Waals surface area contributed by atoms with Crippen LogP contribution in [0.2, 0.25) is 10.0 Å². The minimum absolute atomic E-state index is 0.573. The number of ether oxygens (including phenoxy) is 1. The van der Waals surface area contributed by atoms with Crippen molar-refractivity contribution in [1.29, 1.82) is 0 Å². The second kappa shape index (κ2) is 6.71. The number of fused-ring (bicyclic) bond motifs is 1. The van der Waals surface area contributed by atoms with E-state index in [1.165, 1.54) is 6.33 Å². The van der Waals surface area contributed by atoms with Gasteiger partial charge >= 0.3 is 0 Å². The molecule has 0 aliphatic carbocycles. The second-order valence-corrected chi connectivity index (χ2v) is 6.14. The fourth-order valence-electron chi connectivity index (χ4n) is 2.58.